The minimum Gasteiger partial charge on any atom is -0.366 e. The largest absolute Gasteiger partial charge is 0.366 e. The van der Waals surface area contributed by atoms with E-state index in [0.717, 1.165) is 11.8 Å². The van der Waals surface area contributed by atoms with Crippen LogP contribution in [-0.4, -0.2) is 24.6 Å². The van der Waals surface area contributed by atoms with Crippen molar-refractivity contribution in [1.29, 1.82) is 0 Å². The van der Waals surface area contributed by atoms with Crippen molar-refractivity contribution in [1.82, 2.24) is 9.97 Å². The Bertz CT molecular complexity index is 1020. The van der Waals surface area contributed by atoms with Gasteiger partial charge in [-0.25, -0.2) is 18.4 Å². The van der Waals surface area contributed by atoms with Gasteiger partial charge >= 0.3 is 0 Å². The third-order valence-electron chi connectivity index (χ3n) is 3.68. The van der Waals surface area contributed by atoms with Gasteiger partial charge in [-0.15, -0.1) is 0 Å². The van der Waals surface area contributed by atoms with E-state index < -0.39 is 10.0 Å². The first-order valence-corrected chi connectivity index (χ1v) is 9.98. The fourth-order valence-corrected chi connectivity index (χ4v) is 3.14. The van der Waals surface area contributed by atoms with Crippen LogP contribution in [0.2, 0.25) is 0 Å². The fourth-order valence-electron chi connectivity index (χ4n) is 2.58. The number of benzene rings is 2. The highest BCUT2D eigenvalue weighted by Crippen LogP contribution is 2.23. The third kappa shape index (κ3) is 5.03. The van der Waals surface area contributed by atoms with Crippen LogP contribution in [-0.2, 0) is 16.6 Å². The number of hydrogen-bond acceptors (Lipinski definition) is 5. The van der Waals surface area contributed by atoms with Crippen molar-refractivity contribution in [2.45, 2.75) is 13.5 Å². The van der Waals surface area contributed by atoms with Gasteiger partial charge in [-0.2, -0.15) is 0 Å². The van der Waals surface area contributed by atoms with Gasteiger partial charge in [-0.3, -0.25) is 4.72 Å². The number of anilines is 2. The Morgan fingerprint density at radius 1 is 1.00 bits per heavy atom. The summed E-state index contributed by atoms with van der Waals surface area (Å²) < 4.78 is 25.3. The van der Waals surface area contributed by atoms with Gasteiger partial charge in [-0.05, 0) is 24.6 Å². The van der Waals surface area contributed by atoms with Crippen molar-refractivity contribution in [2.24, 2.45) is 0 Å². The highest BCUT2D eigenvalue weighted by Gasteiger charge is 2.06. The van der Waals surface area contributed by atoms with Gasteiger partial charge in [0.2, 0.25) is 10.0 Å². The lowest BCUT2D eigenvalue weighted by atomic mass is 10.1. The van der Waals surface area contributed by atoms with Gasteiger partial charge in [0.25, 0.3) is 0 Å². The van der Waals surface area contributed by atoms with Gasteiger partial charge in [0.1, 0.15) is 12.1 Å². The van der Waals surface area contributed by atoms with Crippen LogP contribution < -0.4 is 10.0 Å². The molecule has 0 fully saturated rings. The number of nitrogens with zero attached hydrogens (tertiary/aromatic N) is 2. The number of aryl methyl sites for hydroxylation is 1. The Hall–Kier alpha value is -2.93. The van der Waals surface area contributed by atoms with E-state index in [2.05, 4.69) is 45.1 Å². The molecule has 6 nitrogen and oxygen atoms in total. The average molecular weight is 368 g/mol. The summed E-state index contributed by atoms with van der Waals surface area (Å²) in [6.07, 6.45) is 2.61. The van der Waals surface area contributed by atoms with Crippen LogP contribution in [0, 0.1) is 6.92 Å². The predicted molar refractivity (Wildman–Crippen MR) is 104 cm³/mol. The summed E-state index contributed by atoms with van der Waals surface area (Å²) in [5.74, 6) is 0.706. The summed E-state index contributed by atoms with van der Waals surface area (Å²) in [6.45, 7) is 2.72. The normalized spacial score (nSPS) is 11.2. The molecular formula is C19H20N4O2S. The summed E-state index contributed by atoms with van der Waals surface area (Å²) in [5.41, 5.74) is 4.40. The molecule has 1 heterocycles. The van der Waals surface area contributed by atoms with E-state index in [1.54, 1.807) is 18.2 Å². The zero-order valence-electron chi connectivity index (χ0n) is 14.6. The van der Waals surface area contributed by atoms with Crippen LogP contribution >= 0.6 is 0 Å². The summed E-state index contributed by atoms with van der Waals surface area (Å²) in [5, 5.41) is 3.29. The standard InChI is InChI=1S/C19H20N4O2S/c1-14-5-3-6-15(9-14)12-20-19-11-18(21-13-22-19)16-7-4-8-17(10-16)23-26(2,24)25/h3-11,13,23H,12H2,1-2H3,(H,20,21,22). The molecule has 0 unspecified atom stereocenters. The van der Waals surface area contributed by atoms with E-state index in [1.165, 1.54) is 17.5 Å². The second-order valence-corrected chi connectivity index (χ2v) is 7.83. The first kappa shape index (κ1) is 17.9. The molecule has 26 heavy (non-hydrogen) atoms. The van der Waals surface area contributed by atoms with Gasteiger partial charge in [0.15, 0.2) is 0 Å². The summed E-state index contributed by atoms with van der Waals surface area (Å²) in [6, 6.07) is 17.2. The van der Waals surface area contributed by atoms with E-state index in [-0.39, 0.29) is 0 Å². The van der Waals surface area contributed by atoms with E-state index >= 15 is 0 Å². The molecule has 0 aliphatic heterocycles. The van der Waals surface area contributed by atoms with E-state index in [4.69, 9.17) is 0 Å². The predicted octanol–water partition coefficient (Wildman–Crippen LogP) is 3.44. The van der Waals surface area contributed by atoms with Crippen LogP contribution in [0.25, 0.3) is 11.3 Å². The summed E-state index contributed by atoms with van der Waals surface area (Å²) >= 11 is 0. The van der Waals surface area contributed by atoms with E-state index in [0.29, 0.717) is 23.7 Å². The van der Waals surface area contributed by atoms with Crippen LogP contribution in [0.5, 0.6) is 0 Å². The van der Waals surface area contributed by atoms with E-state index in [1.807, 2.05) is 18.2 Å². The van der Waals surface area contributed by atoms with Gasteiger partial charge < -0.3 is 5.32 Å². The van der Waals surface area contributed by atoms with Crippen molar-refractivity contribution < 1.29 is 8.42 Å². The maximum atomic E-state index is 11.4. The highest BCUT2D eigenvalue weighted by atomic mass is 32.2. The zero-order valence-corrected chi connectivity index (χ0v) is 15.4. The molecule has 0 saturated carbocycles. The average Bonchev–Trinajstić information content (AvgIpc) is 2.59. The molecule has 1 aromatic heterocycles. The molecule has 2 aromatic carbocycles. The molecule has 0 spiro atoms. The number of sulfonamides is 1. The monoisotopic (exact) mass is 368 g/mol. The zero-order chi connectivity index (χ0) is 18.6. The Morgan fingerprint density at radius 2 is 1.81 bits per heavy atom. The second kappa shape index (κ2) is 7.53. The Kier molecular flexibility index (Phi) is 5.18. The molecule has 134 valence electrons. The first-order chi connectivity index (χ1) is 12.4. The minimum absolute atomic E-state index is 0.498. The Balaban J connectivity index is 1.78. The topological polar surface area (TPSA) is 84.0 Å². The maximum absolute atomic E-state index is 11.4. The van der Waals surface area contributed by atoms with Crippen LogP contribution in [0.15, 0.2) is 60.9 Å². The van der Waals surface area contributed by atoms with Crippen LogP contribution in [0.4, 0.5) is 11.5 Å². The smallest absolute Gasteiger partial charge is 0.229 e. The molecule has 3 aromatic rings. The molecule has 0 saturated heterocycles. The molecule has 0 atom stereocenters. The van der Waals surface area contributed by atoms with Crippen molar-refractivity contribution in [3.05, 3.63) is 72.1 Å². The Morgan fingerprint density at radius 3 is 2.58 bits per heavy atom. The minimum atomic E-state index is -3.32. The number of aromatic nitrogens is 2. The lowest BCUT2D eigenvalue weighted by molar-refractivity contribution is 0.607. The van der Waals surface area contributed by atoms with Gasteiger partial charge in [0, 0.05) is 23.9 Å². The lowest BCUT2D eigenvalue weighted by Crippen LogP contribution is -2.09. The molecular weight excluding hydrogens is 348 g/mol. The lowest BCUT2D eigenvalue weighted by Gasteiger charge is -2.09. The fraction of sp³-hybridized carbons (Fsp3) is 0.158. The summed E-state index contributed by atoms with van der Waals surface area (Å²) in [4.78, 5) is 8.54. The van der Waals surface area contributed by atoms with Gasteiger partial charge in [-0.1, -0.05) is 42.0 Å². The number of nitrogens with one attached hydrogen (secondary N) is 2. The molecule has 7 heteroatoms. The maximum Gasteiger partial charge on any atom is 0.229 e. The molecule has 0 aliphatic rings. The third-order valence-corrected chi connectivity index (χ3v) is 4.29. The molecule has 0 aliphatic carbocycles. The summed E-state index contributed by atoms with van der Waals surface area (Å²) in [7, 11) is -3.32. The van der Waals surface area contributed by atoms with Crippen LogP contribution in [0.1, 0.15) is 11.1 Å². The first-order valence-electron chi connectivity index (χ1n) is 8.09. The highest BCUT2D eigenvalue weighted by molar-refractivity contribution is 7.92. The quantitative estimate of drug-likeness (QED) is 0.696. The van der Waals surface area contributed by atoms with E-state index in [9.17, 15) is 8.42 Å². The number of hydrogen-bond donors (Lipinski definition) is 2. The Labute approximate surface area is 153 Å². The van der Waals surface area contributed by atoms with Crippen molar-refractivity contribution >= 4 is 21.5 Å². The van der Waals surface area contributed by atoms with Crippen molar-refractivity contribution in [2.75, 3.05) is 16.3 Å². The molecule has 2 N–H and O–H groups in total. The SMILES string of the molecule is Cc1cccc(CNc2cc(-c3cccc(NS(C)(=O)=O)c3)ncn2)c1. The number of rotatable bonds is 6. The molecule has 3 rings (SSSR count). The molecule has 0 radical (unpaired) electrons. The van der Waals surface area contributed by atoms with Crippen molar-refractivity contribution in [3.8, 4) is 11.3 Å². The molecule has 0 bridgehead atoms. The van der Waals surface area contributed by atoms with Gasteiger partial charge in [0.05, 0.1) is 11.9 Å². The van der Waals surface area contributed by atoms with Crippen molar-refractivity contribution in [3.63, 3.8) is 0 Å². The van der Waals surface area contributed by atoms with Crippen LogP contribution in [0.3, 0.4) is 0 Å². The molecule has 0 amide bonds. The second-order valence-electron chi connectivity index (χ2n) is 6.09.